The Morgan fingerprint density at radius 3 is 2.57 bits per heavy atom. The Bertz CT molecular complexity index is 553. The molecule has 1 amide bonds. The minimum absolute atomic E-state index is 0.107. The fraction of sp³-hybridized carbons (Fsp3) is 0.500. The number of hydrogen-bond acceptors (Lipinski definition) is 3. The van der Waals surface area contributed by atoms with Crippen molar-refractivity contribution in [2.24, 2.45) is 0 Å². The number of amides is 1. The summed E-state index contributed by atoms with van der Waals surface area (Å²) in [4.78, 5) is 23.3. The van der Waals surface area contributed by atoms with E-state index in [9.17, 15) is 14.7 Å². The fourth-order valence-corrected chi connectivity index (χ4v) is 3.17. The molecule has 2 atom stereocenters. The van der Waals surface area contributed by atoms with Crippen molar-refractivity contribution in [3.05, 3.63) is 33.8 Å². The van der Waals surface area contributed by atoms with Crippen LogP contribution in [0.2, 0.25) is 10.0 Å². The summed E-state index contributed by atoms with van der Waals surface area (Å²) in [6.45, 7) is 0.736. The third-order valence-corrected chi connectivity index (χ3v) is 4.15. The summed E-state index contributed by atoms with van der Waals surface area (Å²) < 4.78 is 5.45. The van der Waals surface area contributed by atoms with Crippen LogP contribution in [0.1, 0.15) is 31.2 Å². The smallest absolute Gasteiger partial charge is 0.326 e. The van der Waals surface area contributed by atoms with Crippen molar-refractivity contribution in [3.8, 4) is 0 Å². The second kappa shape index (κ2) is 8.52. The van der Waals surface area contributed by atoms with E-state index in [2.05, 4.69) is 5.32 Å². The van der Waals surface area contributed by atoms with Crippen molar-refractivity contribution in [2.45, 2.75) is 44.2 Å². The van der Waals surface area contributed by atoms with Crippen molar-refractivity contribution in [2.75, 3.05) is 6.61 Å². The summed E-state index contributed by atoms with van der Waals surface area (Å²) in [7, 11) is 0. The van der Waals surface area contributed by atoms with Gasteiger partial charge in [-0.1, -0.05) is 23.2 Å². The predicted octanol–water partition coefficient (Wildman–Crippen LogP) is 3.06. The Morgan fingerprint density at radius 2 is 2.00 bits per heavy atom. The molecule has 1 aromatic carbocycles. The van der Waals surface area contributed by atoms with Gasteiger partial charge < -0.3 is 15.2 Å². The third-order valence-electron chi connectivity index (χ3n) is 3.71. The van der Waals surface area contributed by atoms with Gasteiger partial charge in [0.05, 0.1) is 6.10 Å². The summed E-state index contributed by atoms with van der Waals surface area (Å²) in [6.07, 6.45) is 3.07. The van der Waals surface area contributed by atoms with Crippen LogP contribution >= 0.6 is 23.2 Å². The molecule has 0 radical (unpaired) electrons. The van der Waals surface area contributed by atoms with Gasteiger partial charge in [-0.05, 0) is 43.0 Å². The highest BCUT2D eigenvalue weighted by molar-refractivity contribution is 6.34. The van der Waals surface area contributed by atoms with Crippen molar-refractivity contribution >= 4 is 35.1 Å². The highest BCUT2D eigenvalue weighted by atomic mass is 35.5. The number of ether oxygens (including phenoxy) is 1. The molecular formula is C16H19Cl2NO4. The number of carboxylic acid groups (broad SMARTS) is 1. The molecule has 0 saturated carbocycles. The van der Waals surface area contributed by atoms with Gasteiger partial charge in [0.1, 0.15) is 6.04 Å². The van der Waals surface area contributed by atoms with Gasteiger partial charge in [-0.15, -0.1) is 0 Å². The van der Waals surface area contributed by atoms with Crippen molar-refractivity contribution in [1.82, 2.24) is 5.32 Å². The number of carbonyl (C=O) groups is 2. The molecule has 1 aliphatic rings. The van der Waals surface area contributed by atoms with Gasteiger partial charge in [0, 0.05) is 29.5 Å². The van der Waals surface area contributed by atoms with Crippen LogP contribution in [0.5, 0.6) is 0 Å². The van der Waals surface area contributed by atoms with E-state index in [0.717, 1.165) is 19.4 Å². The fourth-order valence-electron chi connectivity index (χ4n) is 2.60. The maximum absolute atomic E-state index is 12.0. The van der Waals surface area contributed by atoms with Crippen molar-refractivity contribution in [3.63, 3.8) is 0 Å². The molecule has 1 saturated heterocycles. The molecule has 1 aromatic rings. The standard InChI is InChI=1S/C16H19Cl2NO4/c17-11-6-10(7-12(18)9-11)8-14(16(21)22)19-15(20)4-3-13-2-1-5-23-13/h6-7,9,13-14H,1-5,8H2,(H,19,20)(H,21,22). The quantitative estimate of drug-likeness (QED) is 0.784. The van der Waals surface area contributed by atoms with Crippen molar-refractivity contribution < 1.29 is 19.4 Å². The van der Waals surface area contributed by atoms with E-state index in [1.165, 1.54) is 0 Å². The van der Waals surface area contributed by atoms with E-state index in [-0.39, 0.29) is 24.9 Å². The van der Waals surface area contributed by atoms with Crippen LogP contribution in [0.3, 0.4) is 0 Å². The van der Waals surface area contributed by atoms with Gasteiger partial charge in [-0.2, -0.15) is 0 Å². The van der Waals surface area contributed by atoms with Crippen LogP contribution in [0.15, 0.2) is 18.2 Å². The first kappa shape index (κ1) is 18.0. The third kappa shape index (κ3) is 6.01. The van der Waals surface area contributed by atoms with Gasteiger partial charge in [-0.3, -0.25) is 4.79 Å². The first-order chi connectivity index (χ1) is 10.9. The number of benzene rings is 1. The van der Waals surface area contributed by atoms with Gasteiger partial charge in [0.25, 0.3) is 0 Å². The summed E-state index contributed by atoms with van der Waals surface area (Å²) in [5.74, 6) is -1.38. The minimum atomic E-state index is -1.09. The zero-order chi connectivity index (χ0) is 16.8. The number of aliphatic carboxylic acids is 1. The summed E-state index contributed by atoms with van der Waals surface area (Å²) in [5.41, 5.74) is 0.661. The molecule has 0 spiro atoms. The number of nitrogens with one attached hydrogen (secondary N) is 1. The lowest BCUT2D eigenvalue weighted by Crippen LogP contribution is -2.42. The Morgan fingerprint density at radius 1 is 1.30 bits per heavy atom. The van der Waals surface area contributed by atoms with Gasteiger partial charge in [-0.25, -0.2) is 4.79 Å². The highest BCUT2D eigenvalue weighted by Gasteiger charge is 2.22. The Balaban J connectivity index is 1.89. The monoisotopic (exact) mass is 359 g/mol. The van der Waals surface area contributed by atoms with E-state index >= 15 is 0 Å². The molecule has 1 aliphatic heterocycles. The number of carboxylic acids is 1. The largest absolute Gasteiger partial charge is 0.480 e. The van der Waals surface area contributed by atoms with Crippen LogP contribution in [0, 0.1) is 0 Å². The molecule has 2 rings (SSSR count). The average molecular weight is 360 g/mol. The van der Waals surface area contributed by atoms with Crippen LogP contribution in [-0.4, -0.2) is 35.7 Å². The maximum atomic E-state index is 12.0. The molecule has 0 aliphatic carbocycles. The van der Waals surface area contributed by atoms with E-state index in [1.54, 1.807) is 18.2 Å². The second-order valence-electron chi connectivity index (χ2n) is 5.61. The molecule has 23 heavy (non-hydrogen) atoms. The van der Waals surface area contributed by atoms with Crippen LogP contribution < -0.4 is 5.32 Å². The zero-order valence-corrected chi connectivity index (χ0v) is 14.1. The van der Waals surface area contributed by atoms with Crippen LogP contribution in [0.4, 0.5) is 0 Å². The van der Waals surface area contributed by atoms with Gasteiger partial charge >= 0.3 is 5.97 Å². The molecule has 7 heteroatoms. The Labute approximate surface area is 144 Å². The number of carbonyl (C=O) groups excluding carboxylic acids is 1. The first-order valence-corrected chi connectivity index (χ1v) is 8.28. The van der Waals surface area contributed by atoms with Crippen molar-refractivity contribution in [1.29, 1.82) is 0 Å². The van der Waals surface area contributed by atoms with Crippen LogP contribution in [-0.2, 0) is 20.7 Å². The summed E-state index contributed by atoms with van der Waals surface area (Å²) in [5, 5.41) is 12.7. The van der Waals surface area contributed by atoms with E-state index in [4.69, 9.17) is 27.9 Å². The SMILES string of the molecule is O=C(CCC1CCCO1)NC(Cc1cc(Cl)cc(Cl)c1)C(=O)O. The lowest BCUT2D eigenvalue weighted by Gasteiger charge is -2.16. The molecule has 2 N–H and O–H groups in total. The number of rotatable bonds is 7. The lowest BCUT2D eigenvalue weighted by atomic mass is 10.1. The van der Waals surface area contributed by atoms with Crippen LogP contribution in [0.25, 0.3) is 0 Å². The summed E-state index contributed by atoms with van der Waals surface area (Å²) in [6, 6.07) is 3.84. The van der Waals surface area contributed by atoms with E-state index < -0.39 is 12.0 Å². The average Bonchev–Trinajstić information content (AvgIpc) is 2.96. The molecule has 126 valence electrons. The normalized spacial score (nSPS) is 18.6. The summed E-state index contributed by atoms with van der Waals surface area (Å²) >= 11 is 11.8. The first-order valence-electron chi connectivity index (χ1n) is 7.53. The van der Waals surface area contributed by atoms with E-state index in [0.29, 0.717) is 22.0 Å². The Kier molecular flexibility index (Phi) is 6.69. The Hall–Kier alpha value is -1.30. The molecule has 0 aromatic heterocycles. The molecular weight excluding hydrogens is 341 g/mol. The highest BCUT2D eigenvalue weighted by Crippen LogP contribution is 2.20. The molecule has 1 heterocycles. The zero-order valence-electron chi connectivity index (χ0n) is 12.6. The number of halogens is 2. The predicted molar refractivity (Wildman–Crippen MR) is 87.9 cm³/mol. The van der Waals surface area contributed by atoms with Gasteiger partial charge in [0.2, 0.25) is 5.91 Å². The second-order valence-corrected chi connectivity index (χ2v) is 6.49. The molecule has 2 unspecified atom stereocenters. The topological polar surface area (TPSA) is 75.6 Å². The van der Waals surface area contributed by atoms with Gasteiger partial charge in [0.15, 0.2) is 0 Å². The molecule has 1 fully saturated rings. The lowest BCUT2D eigenvalue weighted by molar-refractivity contribution is -0.141. The molecule has 0 bridgehead atoms. The molecule has 5 nitrogen and oxygen atoms in total. The van der Waals surface area contributed by atoms with E-state index in [1.807, 2.05) is 0 Å². The minimum Gasteiger partial charge on any atom is -0.480 e. The maximum Gasteiger partial charge on any atom is 0.326 e. The number of hydrogen-bond donors (Lipinski definition) is 2.